The van der Waals surface area contributed by atoms with Crippen LogP contribution in [0.3, 0.4) is 0 Å². The molecule has 1 saturated heterocycles. The number of hydrogen-bond acceptors (Lipinski definition) is 4. The molecule has 1 aromatic carbocycles. The number of benzene rings is 1. The third kappa shape index (κ3) is 6.68. The summed E-state index contributed by atoms with van der Waals surface area (Å²) >= 11 is 0. The minimum atomic E-state index is 0. The van der Waals surface area contributed by atoms with Gasteiger partial charge in [0.25, 0.3) is 0 Å². The van der Waals surface area contributed by atoms with E-state index in [2.05, 4.69) is 50.7 Å². The quantitative estimate of drug-likeness (QED) is 0.355. The van der Waals surface area contributed by atoms with Crippen molar-refractivity contribution in [2.75, 3.05) is 33.7 Å². The molecular weight excluding hydrogens is 493 g/mol. The van der Waals surface area contributed by atoms with Gasteiger partial charge in [-0.25, -0.2) is 4.98 Å². The first-order valence-corrected chi connectivity index (χ1v) is 10.1. The molecule has 0 atom stereocenters. The highest BCUT2D eigenvalue weighted by atomic mass is 127. The Balaban J connectivity index is 0.00000320. The number of carbonyl (C=O) groups is 1. The highest BCUT2D eigenvalue weighted by Crippen LogP contribution is 2.21. The first kappa shape index (κ1) is 24.1. The van der Waals surface area contributed by atoms with Crippen LogP contribution in [0.4, 0.5) is 0 Å². The van der Waals surface area contributed by atoms with Crippen molar-refractivity contribution in [2.24, 2.45) is 18.0 Å². The molecular formula is C21H32IN7O. The number of halogens is 1. The lowest BCUT2D eigenvalue weighted by Gasteiger charge is -2.32. The molecule has 1 aliphatic rings. The van der Waals surface area contributed by atoms with Gasteiger partial charge in [-0.3, -0.25) is 14.5 Å². The second-order valence-electron chi connectivity index (χ2n) is 7.57. The van der Waals surface area contributed by atoms with E-state index in [1.165, 1.54) is 11.9 Å². The second-order valence-corrected chi connectivity index (χ2v) is 7.57. The maximum absolute atomic E-state index is 12.6. The number of nitrogens with zero attached hydrogens (tertiary/aromatic N) is 6. The number of carbonyl (C=O) groups excluding carboxylic acids is 1. The number of nitrogens with one attached hydrogen (secondary N) is 1. The molecule has 0 radical (unpaired) electrons. The molecule has 1 aliphatic heterocycles. The molecule has 0 spiro atoms. The van der Waals surface area contributed by atoms with Gasteiger partial charge in [0, 0.05) is 34.2 Å². The van der Waals surface area contributed by atoms with Crippen LogP contribution in [-0.4, -0.2) is 70.2 Å². The lowest BCUT2D eigenvalue weighted by Crippen LogP contribution is -2.47. The van der Waals surface area contributed by atoms with Crippen LogP contribution in [0.25, 0.3) is 0 Å². The summed E-state index contributed by atoms with van der Waals surface area (Å²) in [6.45, 7) is 2.46. The van der Waals surface area contributed by atoms with Gasteiger partial charge in [0.05, 0.1) is 13.1 Å². The number of aryl methyl sites for hydroxylation is 1. The maximum Gasteiger partial charge on any atom is 0.241 e. The predicted octanol–water partition coefficient (Wildman–Crippen LogP) is 1.92. The lowest BCUT2D eigenvalue weighted by atomic mass is 9.90. The van der Waals surface area contributed by atoms with Gasteiger partial charge in [-0.15, -0.1) is 24.0 Å². The van der Waals surface area contributed by atoms with Crippen LogP contribution in [0, 0.1) is 5.92 Å². The Kier molecular flexibility index (Phi) is 9.54. The number of likely N-dealkylation sites (tertiary alicyclic amines) is 1. The van der Waals surface area contributed by atoms with E-state index in [9.17, 15) is 4.79 Å². The maximum atomic E-state index is 12.6. The van der Waals surface area contributed by atoms with Gasteiger partial charge in [-0.2, -0.15) is 5.10 Å². The molecule has 2 aromatic rings. The third-order valence-corrected chi connectivity index (χ3v) is 5.49. The molecule has 30 heavy (non-hydrogen) atoms. The fraction of sp³-hybridized carbons (Fsp3) is 0.524. The molecule has 2 heterocycles. The van der Waals surface area contributed by atoms with Crippen LogP contribution in [-0.2, 0) is 24.8 Å². The van der Waals surface area contributed by atoms with E-state index in [1.807, 2.05) is 23.9 Å². The van der Waals surface area contributed by atoms with E-state index in [0.717, 1.165) is 38.2 Å². The molecule has 8 nitrogen and oxygen atoms in total. The number of aliphatic imine (C=N–C) groups is 1. The van der Waals surface area contributed by atoms with Crippen LogP contribution < -0.4 is 5.32 Å². The van der Waals surface area contributed by atoms with Gasteiger partial charge in [-0.1, -0.05) is 30.3 Å². The van der Waals surface area contributed by atoms with Crippen LogP contribution in [0.15, 0.2) is 41.7 Å². The molecule has 3 rings (SSSR count). The monoisotopic (exact) mass is 525 g/mol. The lowest BCUT2D eigenvalue weighted by molar-refractivity contribution is -0.131. The fourth-order valence-corrected chi connectivity index (χ4v) is 3.74. The third-order valence-electron chi connectivity index (χ3n) is 5.49. The zero-order chi connectivity index (χ0) is 20.6. The summed E-state index contributed by atoms with van der Waals surface area (Å²) < 4.78 is 1.73. The zero-order valence-electron chi connectivity index (χ0n) is 18.0. The van der Waals surface area contributed by atoms with Crippen LogP contribution >= 0.6 is 24.0 Å². The van der Waals surface area contributed by atoms with Crippen LogP contribution in [0.1, 0.15) is 24.2 Å². The minimum Gasteiger partial charge on any atom is -0.347 e. The standard InChI is InChI=1S/C21H31N7O.HI/c1-22-21(26(2)15-19-24-16-25-27(19)3)23-14-20(29)28-11-9-18(10-12-28)13-17-7-5-4-6-8-17;/h4-8,16,18H,9-15H2,1-3H3,(H,22,23);1H. The zero-order valence-corrected chi connectivity index (χ0v) is 20.3. The summed E-state index contributed by atoms with van der Waals surface area (Å²) in [5.74, 6) is 2.28. The van der Waals surface area contributed by atoms with E-state index in [0.29, 0.717) is 18.4 Å². The summed E-state index contributed by atoms with van der Waals surface area (Å²) in [7, 11) is 5.50. The Morgan fingerprint density at radius 3 is 2.57 bits per heavy atom. The number of aromatic nitrogens is 3. The summed E-state index contributed by atoms with van der Waals surface area (Å²) in [5.41, 5.74) is 1.38. The average Bonchev–Trinajstić information content (AvgIpc) is 3.14. The highest BCUT2D eigenvalue weighted by molar-refractivity contribution is 14.0. The van der Waals surface area contributed by atoms with Gasteiger partial charge >= 0.3 is 0 Å². The van der Waals surface area contributed by atoms with Crippen molar-refractivity contribution in [1.82, 2.24) is 29.9 Å². The van der Waals surface area contributed by atoms with Gasteiger partial charge in [-0.05, 0) is 30.7 Å². The summed E-state index contributed by atoms with van der Waals surface area (Å²) in [4.78, 5) is 25.0. The number of rotatable bonds is 6. The number of piperidine rings is 1. The predicted molar refractivity (Wildman–Crippen MR) is 129 cm³/mol. The molecule has 1 amide bonds. The molecule has 0 aliphatic carbocycles. The van der Waals surface area contributed by atoms with Crippen molar-refractivity contribution >= 4 is 35.8 Å². The highest BCUT2D eigenvalue weighted by Gasteiger charge is 2.23. The van der Waals surface area contributed by atoms with Crippen molar-refractivity contribution in [2.45, 2.75) is 25.8 Å². The molecule has 0 bridgehead atoms. The van der Waals surface area contributed by atoms with Gasteiger partial charge < -0.3 is 15.1 Å². The Morgan fingerprint density at radius 1 is 1.27 bits per heavy atom. The largest absolute Gasteiger partial charge is 0.347 e. The van der Waals surface area contributed by atoms with Gasteiger partial charge in [0.15, 0.2) is 5.96 Å². The van der Waals surface area contributed by atoms with Crippen LogP contribution in [0.5, 0.6) is 0 Å². The molecule has 9 heteroatoms. The van der Waals surface area contributed by atoms with Gasteiger partial charge in [0.2, 0.25) is 5.91 Å². The van der Waals surface area contributed by atoms with Crippen molar-refractivity contribution in [1.29, 1.82) is 0 Å². The fourth-order valence-electron chi connectivity index (χ4n) is 3.74. The molecule has 1 aromatic heterocycles. The first-order valence-electron chi connectivity index (χ1n) is 10.1. The van der Waals surface area contributed by atoms with E-state index in [1.54, 1.807) is 11.7 Å². The summed E-state index contributed by atoms with van der Waals surface area (Å²) in [5, 5.41) is 7.26. The first-order chi connectivity index (χ1) is 14.1. The molecule has 1 N–H and O–H groups in total. The molecule has 0 saturated carbocycles. The summed E-state index contributed by atoms with van der Waals surface area (Å²) in [6.07, 6.45) is 4.74. The number of hydrogen-bond donors (Lipinski definition) is 1. The van der Waals surface area contributed by atoms with Crippen molar-refractivity contribution in [3.63, 3.8) is 0 Å². The number of amides is 1. The Bertz CT molecular complexity index is 816. The molecule has 0 unspecified atom stereocenters. The van der Waals surface area contributed by atoms with E-state index in [-0.39, 0.29) is 36.4 Å². The van der Waals surface area contributed by atoms with Crippen molar-refractivity contribution in [3.05, 3.63) is 48.0 Å². The normalized spacial score (nSPS) is 14.9. The van der Waals surface area contributed by atoms with Crippen molar-refractivity contribution < 1.29 is 4.79 Å². The average molecular weight is 525 g/mol. The Morgan fingerprint density at radius 2 is 1.97 bits per heavy atom. The van der Waals surface area contributed by atoms with E-state index >= 15 is 0 Å². The van der Waals surface area contributed by atoms with E-state index < -0.39 is 0 Å². The second kappa shape index (κ2) is 11.9. The smallest absolute Gasteiger partial charge is 0.241 e. The Hall–Kier alpha value is -2.17. The minimum absolute atomic E-state index is 0. The van der Waals surface area contributed by atoms with Gasteiger partial charge in [0.1, 0.15) is 12.2 Å². The summed E-state index contributed by atoms with van der Waals surface area (Å²) in [6, 6.07) is 10.6. The van der Waals surface area contributed by atoms with Crippen molar-refractivity contribution in [3.8, 4) is 0 Å². The molecule has 164 valence electrons. The van der Waals surface area contributed by atoms with E-state index in [4.69, 9.17) is 0 Å². The topological polar surface area (TPSA) is 78.7 Å². The number of guanidine groups is 1. The molecule has 1 fully saturated rings. The van der Waals surface area contributed by atoms with Crippen LogP contribution in [0.2, 0.25) is 0 Å². The Labute approximate surface area is 195 Å². The SMILES string of the molecule is CN=C(NCC(=O)N1CCC(Cc2ccccc2)CC1)N(C)Cc1ncnn1C.I.